The summed E-state index contributed by atoms with van der Waals surface area (Å²) in [6.45, 7) is 10.3. The monoisotopic (exact) mass is 886 g/mol. The number of hydrogen-bond acceptors (Lipinski definition) is 10. The van der Waals surface area contributed by atoms with Crippen molar-refractivity contribution in [1.82, 2.24) is 16.0 Å². The molecule has 1 aliphatic heterocycles. The number of hydrogen-bond donors (Lipinski definition) is 6. The van der Waals surface area contributed by atoms with Gasteiger partial charge < -0.3 is 41.0 Å². The Morgan fingerprint density at radius 1 is 0.938 bits per heavy atom. The highest BCUT2D eigenvalue weighted by Crippen LogP contribution is 2.72. The Morgan fingerprint density at radius 3 is 2.33 bits per heavy atom. The van der Waals surface area contributed by atoms with Crippen molar-refractivity contribution in [2.45, 2.75) is 134 Å². The molecule has 4 saturated carbocycles. The van der Waals surface area contributed by atoms with Crippen molar-refractivity contribution in [2.75, 3.05) is 18.5 Å². The van der Waals surface area contributed by atoms with Gasteiger partial charge in [-0.25, -0.2) is 8.78 Å². The molecule has 64 heavy (non-hydrogen) atoms. The van der Waals surface area contributed by atoms with E-state index in [4.69, 9.17) is 9.47 Å². The number of carbonyl (C=O) groups is 5. The number of rotatable bonds is 14. The number of anilines is 1. The number of ketones is 2. The summed E-state index contributed by atoms with van der Waals surface area (Å²) in [5, 5.41) is 33.7. The zero-order valence-corrected chi connectivity index (χ0v) is 37.2. The van der Waals surface area contributed by atoms with Crippen LogP contribution in [0, 0.1) is 28.6 Å². The molecule has 0 aromatic heterocycles. The summed E-state index contributed by atoms with van der Waals surface area (Å²) in [6, 6.07) is 13.0. The van der Waals surface area contributed by atoms with Gasteiger partial charge in [-0.15, -0.1) is 0 Å². The molecule has 6 N–H and O–H groups in total. The molecule has 8 rings (SSSR count). The molecule has 14 atom stereocenters. The van der Waals surface area contributed by atoms with E-state index in [0.717, 1.165) is 23.6 Å². The summed E-state index contributed by atoms with van der Waals surface area (Å²) < 4.78 is 46.8. The zero-order valence-electron chi connectivity index (χ0n) is 37.2. The molecule has 2 aromatic rings. The molecule has 3 amide bonds. The van der Waals surface area contributed by atoms with Crippen LogP contribution in [0.2, 0.25) is 0 Å². The van der Waals surface area contributed by atoms with Gasteiger partial charge in [0, 0.05) is 46.5 Å². The summed E-state index contributed by atoms with van der Waals surface area (Å²) in [5.41, 5.74) is -3.90. The number of nitrogens with one attached hydrogen (secondary N) is 4. The van der Waals surface area contributed by atoms with Crippen molar-refractivity contribution in [2.24, 2.45) is 28.6 Å². The minimum absolute atomic E-state index is 0.00920. The lowest BCUT2D eigenvalue weighted by atomic mass is 9.44. The highest BCUT2D eigenvalue weighted by Gasteiger charge is 2.80. The second-order valence-corrected chi connectivity index (χ2v) is 19.8. The first kappa shape index (κ1) is 45.9. The maximum Gasteiger partial charge on any atom is 0.246 e. The third kappa shape index (κ3) is 7.54. The van der Waals surface area contributed by atoms with Gasteiger partial charge in [0.05, 0.1) is 12.2 Å². The maximum absolute atomic E-state index is 17.7. The lowest BCUT2D eigenvalue weighted by Gasteiger charge is -2.63. The Labute approximate surface area is 372 Å². The molecule has 5 aliphatic carbocycles. The first-order valence-corrected chi connectivity index (χ1v) is 22.5. The van der Waals surface area contributed by atoms with Gasteiger partial charge >= 0.3 is 0 Å². The predicted octanol–water partition coefficient (Wildman–Crippen LogP) is 4.65. The third-order valence-electron chi connectivity index (χ3n) is 15.8. The van der Waals surface area contributed by atoms with Crippen LogP contribution < -0.4 is 21.3 Å². The molecule has 15 heteroatoms. The standard InChI is InChI=1S/C49H60F2N4O9/c1-26-23-47(26,6)52-17-15-41(60)53-27(2)42(61)54-28(3)43(62)55-32-9-7-8-30(19-32)18-29-10-12-31(13-11-29)44-63-40-22-34-35-21-37(50)36-20-33(57)14-16-45(36,4)48(35,51)38(58)24-46(34,5)49(40,64-44)39(59)25-56/h7-14,16,19-20,26-28,34-35,37-38,40,44,52,56,58H,15,17-18,21-25H2,1-6H3,(H,53,60)(H,54,61)(H,55,62)/t26?,27-,28-,34-,35-,37-,38-,40+,44+,45-,46-,47?,48-,49+/m0/s1. The molecule has 344 valence electrons. The van der Waals surface area contributed by atoms with Crippen LogP contribution in [-0.2, 0) is 39.9 Å². The predicted molar refractivity (Wildman–Crippen MR) is 232 cm³/mol. The van der Waals surface area contributed by atoms with Crippen molar-refractivity contribution in [3.8, 4) is 0 Å². The number of aliphatic hydroxyl groups excluding tert-OH is 2. The fraction of sp³-hybridized carbons (Fsp3) is 0.571. The van der Waals surface area contributed by atoms with Crippen LogP contribution in [0.3, 0.4) is 0 Å². The van der Waals surface area contributed by atoms with Crippen LogP contribution in [0.5, 0.6) is 0 Å². The number of aliphatic hydroxyl groups is 2. The van der Waals surface area contributed by atoms with E-state index in [-0.39, 0.29) is 42.7 Å². The van der Waals surface area contributed by atoms with Gasteiger partial charge in [-0.3, -0.25) is 24.0 Å². The first-order chi connectivity index (χ1) is 30.2. The molecule has 2 unspecified atom stereocenters. The summed E-state index contributed by atoms with van der Waals surface area (Å²) >= 11 is 0. The average molecular weight is 887 g/mol. The minimum Gasteiger partial charge on any atom is -0.390 e. The number of amides is 3. The number of carbonyl (C=O) groups excluding carboxylic acids is 5. The van der Waals surface area contributed by atoms with E-state index in [9.17, 15) is 34.2 Å². The van der Waals surface area contributed by atoms with Crippen LogP contribution in [0.4, 0.5) is 14.5 Å². The molecule has 0 radical (unpaired) electrons. The number of allylic oxidation sites excluding steroid dienone is 4. The van der Waals surface area contributed by atoms with E-state index >= 15 is 8.78 Å². The molecular formula is C49H60F2N4O9. The van der Waals surface area contributed by atoms with E-state index < -0.39 is 101 Å². The first-order valence-electron chi connectivity index (χ1n) is 22.5. The second kappa shape index (κ2) is 16.6. The largest absolute Gasteiger partial charge is 0.390 e. The molecule has 6 aliphatic rings. The lowest BCUT2D eigenvalue weighted by molar-refractivity contribution is -0.235. The highest BCUT2D eigenvalue weighted by molar-refractivity contribution is 6.01. The van der Waals surface area contributed by atoms with E-state index in [1.807, 2.05) is 42.5 Å². The molecule has 0 bridgehead atoms. The van der Waals surface area contributed by atoms with E-state index in [2.05, 4.69) is 35.1 Å². The lowest BCUT2D eigenvalue weighted by Crippen LogP contribution is -2.70. The summed E-state index contributed by atoms with van der Waals surface area (Å²) in [5.74, 6) is -3.38. The Kier molecular flexibility index (Phi) is 11.9. The molecule has 2 aromatic carbocycles. The quantitative estimate of drug-likeness (QED) is 0.156. The number of halogens is 2. The van der Waals surface area contributed by atoms with Crippen molar-refractivity contribution in [3.05, 3.63) is 89.0 Å². The Hall–Kier alpha value is -4.67. The van der Waals surface area contributed by atoms with Gasteiger partial charge in [-0.1, -0.05) is 56.3 Å². The van der Waals surface area contributed by atoms with Crippen LogP contribution in [0.25, 0.3) is 0 Å². The Morgan fingerprint density at radius 2 is 1.64 bits per heavy atom. The Bertz CT molecular complexity index is 2290. The molecule has 0 spiro atoms. The highest BCUT2D eigenvalue weighted by atomic mass is 19.1. The van der Waals surface area contributed by atoms with Crippen LogP contribution in [-0.4, -0.2) is 99.9 Å². The van der Waals surface area contributed by atoms with Crippen molar-refractivity contribution in [3.63, 3.8) is 0 Å². The fourth-order valence-electron chi connectivity index (χ4n) is 11.8. The van der Waals surface area contributed by atoms with Gasteiger partial charge in [0.25, 0.3) is 0 Å². The van der Waals surface area contributed by atoms with Gasteiger partial charge in [0.2, 0.25) is 17.7 Å². The minimum atomic E-state index is -2.34. The van der Waals surface area contributed by atoms with E-state index in [1.165, 1.54) is 19.1 Å². The zero-order chi connectivity index (χ0) is 46.1. The number of fused-ring (bicyclic) bond motifs is 7. The van der Waals surface area contributed by atoms with Crippen LogP contribution in [0.1, 0.15) is 96.6 Å². The molecule has 1 heterocycles. The summed E-state index contributed by atoms with van der Waals surface area (Å²) in [7, 11) is 0. The van der Waals surface area contributed by atoms with Gasteiger partial charge in [0.1, 0.15) is 24.9 Å². The molecule has 1 saturated heterocycles. The van der Waals surface area contributed by atoms with Crippen LogP contribution in [0.15, 0.2) is 72.3 Å². The normalized spacial score (nSPS) is 37.8. The molecule has 5 fully saturated rings. The van der Waals surface area contributed by atoms with Crippen molar-refractivity contribution >= 4 is 35.0 Å². The van der Waals surface area contributed by atoms with Crippen molar-refractivity contribution in [1.29, 1.82) is 0 Å². The second-order valence-electron chi connectivity index (χ2n) is 19.8. The average Bonchev–Trinajstić information content (AvgIpc) is 3.54. The summed E-state index contributed by atoms with van der Waals surface area (Å²) in [6.07, 6.45) is -0.0805. The molecule has 13 nitrogen and oxygen atoms in total. The fourth-order valence-corrected chi connectivity index (χ4v) is 11.8. The van der Waals surface area contributed by atoms with Crippen molar-refractivity contribution < 1.29 is 52.4 Å². The Balaban J connectivity index is 0.887. The molecular weight excluding hydrogens is 827 g/mol. The number of ether oxygens (including phenoxy) is 2. The van der Waals surface area contributed by atoms with Crippen LogP contribution >= 0.6 is 0 Å². The van der Waals surface area contributed by atoms with E-state index in [1.54, 1.807) is 26.8 Å². The number of benzene rings is 2. The topological polar surface area (TPSA) is 192 Å². The number of Topliss-reactive ketones (excluding diaryl/α,β-unsaturated/α-hetero) is 1. The van der Waals surface area contributed by atoms with Gasteiger partial charge in [-0.2, -0.15) is 0 Å². The maximum atomic E-state index is 17.7. The van der Waals surface area contributed by atoms with E-state index in [0.29, 0.717) is 30.1 Å². The third-order valence-corrected chi connectivity index (χ3v) is 15.8. The smallest absolute Gasteiger partial charge is 0.246 e. The van der Waals surface area contributed by atoms with Gasteiger partial charge in [0.15, 0.2) is 29.1 Å². The summed E-state index contributed by atoms with van der Waals surface area (Å²) in [4.78, 5) is 64.5. The number of alkyl halides is 2. The SMILES string of the molecule is CC1CC1(C)NCCC(=O)N[C@@H](C)C(=O)N[C@@H](C)C(=O)Nc1cccc(Cc2ccc([C@@H]3O[C@@H]4C[C@H]5[C@@H]6C[C@H](F)C7=CC(=O)C=C[C@]7(C)[C@@]6(F)[C@@H](O)C[C@]5(C)[C@]4(C(=O)CO)O3)cc2)c1. The van der Waals surface area contributed by atoms with Gasteiger partial charge in [-0.05, 0) is 113 Å².